The molecule has 0 aliphatic rings. The standard InChI is InChI=1S/C9H9ClFNO/c1-12-5-8(13)9-6(10)3-2-4-7(9)11/h2-4,12H,5H2,1H3. The molecule has 1 N–H and O–H groups in total. The summed E-state index contributed by atoms with van der Waals surface area (Å²) in [4.78, 5) is 11.3. The van der Waals surface area contributed by atoms with E-state index in [1.165, 1.54) is 18.2 Å². The number of likely N-dealkylation sites (N-methyl/N-ethyl adjacent to an activating group) is 1. The van der Waals surface area contributed by atoms with Gasteiger partial charge >= 0.3 is 0 Å². The summed E-state index contributed by atoms with van der Waals surface area (Å²) in [5.74, 6) is -0.918. The molecular formula is C9H9ClFNO. The van der Waals surface area contributed by atoms with E-state index in [1.807, 2.05) is 0 Å². The molecule has 0 aromatic heterocycles. The van der Waals surface area contributed by atoms with Crippen molar-refractivity contribution >= 4 is 17.4 Å². The van der Waals surface area contributed by atoms with E-state index in [-0.39, 0.29) is 22.9 Å². The van der Waals surface area contributed by atoms with E-state index < -0.39 is 5.82 Å². The van der Waals surface area contributed by atoms with Crippen molar-refractivity contribution < 1.29 is 9.18 Å². The van der Waals surface area contributed by atoms with Crippen molar-refractivity contribution in [1.82, 2.24) is 5.32 Å². The number of carbonyl (C=O) groups is 1. The molecule has 0 aliphatic carbocycles. The van der Waals surface area contributed by atoms with Crippen molar-refractivity contribution in [3.8, 4) is 0 Å². The molecule has 0 heterocycles. The molecule has 0 unspecified atom stereocenters. The zero-order valence-corrected chi connectivity index (χ0v) is 7.86. The minimum Gasteiger partial charge on any atom is -0.313 e. The lowest BCUT2D eigenvalue weighted by Gasteiger charge is -2.03. The molecule has 2 nitrogen and oxygen atoms in total. The third-order valence-electron chi connectivity index (χ3n) is 1.58. The Balaban J connectivity index is 3.05. The summed E-state index contributed by atoms with van der Waals surface area (Å²) < 4.78 is 13.1. The molecular weight excluding hydrogens is 193 g/mol. The summed E-state index contributed by atoms with van der Waals surface area (Å²) in [6, 6.07) is 4.18. The Morgan fingerprint density at radius 2 is 2.31 bits per heavy atom. The van der Waals surface area contributed by atoms with Crippen LogP contribution in [-0.2, 0) is 0 Å². The quantitative estimate of drug-likeness (QED) is 0.757. The molecule has 0 aliphatic heterocycles. The summed E-state index contributed by atoms with van der Waals surface area (Å²) in [6.07, 6.45) is 0. The van der Waals surface area contributed by atoms with Gasteiger partial charge in [-0.2, -0.15) is 0 Å². The van der Waals surface area contributed by atoms with Gasteiger partial charge in [0.15, 0.2) is 5.78 Å². The van der Waals surface area contributed by atoms with Gasteiger partial charge < -0.3 is 5.32 Å². The number of hydrogen-bond donors (Lipinski definition) is 1. The Kier molecular flexibility index (Phi) is 3.39. The number of benzene rings is 1. The summed E-state index contributed by atoms with van der Waals surface area (Å²) in [6.45, 7) is 0.0840. The fourth-order valence-corrected chi connectivity index (χ4v) is 1.28. The average molecular weight is 202 g/mol. The van der Waals surface area contributed by atoms with Crippen molar-refractivity contribution in [2.24, 2.45) is 0 Å². The monoisotopic (exact) mass is 201 g/mol. The van der Waals surface area contributed by atoms with E-state index in [9.17, 15) is 9.18 Å². The van der Waals surface area contributed by atoms with Crippen LogP contribution in [0.5, 0.6) is 0 Å². The van der Waals surface area contributed by atoms with Crippen LogP contribution in [0.4, 0.5) is 4.39 Å². The molecule has 0 atom stereocenters. The van der Waals surface area contributed by atoms with Crippen LogP contribution in [0.3, 0.4) is 0 Å². The molecule has 0 fully saturated rings. The second-order valence-electron chi connectivity index (χ2n) is 2.55. The summed E-state index contributed by atoms with van der Waals surface area (Å²) >= 11 is 5.67. The number of ketones is 1. The normalized spacial score (nSPS) is 10.1. The molecule has 1 rings (SSSR count). The minimum atomic E-state index is -0.576. The fourth-order valence-electron chi connectivity index (χ4n) is 1.01. The summed E-state index contributed by atoms with van der Waals surface area (Å²) in [5, 5.41) is 2.80. The number of hydrogen-bond acceptors (Lipinski definition) is 2. The summed E-state index contributed by atoms with van der Waals surface area (Å²) in [7, 11) is 1.62. The molecule has 0 saturated carbocycles. The zero-order valence-electron chi connectivity index (χ0n) is 7.10. The smallest absolute Gasteiger partial charge is 0.181 e. The highest BCUT2D eigenvalue weighted by atomic mass is 35.5. The Hall–Kier alpha value is -0.930. The molecule has 13 heavy (non-hydrogen) atoms. The maximum absolute atomic E-state index is 13.1. The number of rotatable bonds is 3. The first-order chi connectivity index (χ1) is 6.16. The average Bonchev–Trinajstić information content (AvgIpc) is 2.04. The van der Waals surface area contributed by atoms with Gasteiger partial charge in [0.2, 0.25) is 0 Å². The van der Waals surface area contributed by atoms with Gasteiger partial charge in [0, 0.05) is 0 Å². The molecule has 0 spiro atoms. The first-order valence-corrected chi connectivity index (χ1v) is 4.16. The van der Waals surface area contributed by atoms with E-state index >= 15 is 0 Å². The Morgan fingerprint density at radius 3 is 2.85 bits per heavy atom. The van der Waals surface area contributed by atoms with Crippen molar-refractivity contribution in [2.45, 2.75) is 0 Å². The first kappa shape index (κ1) is 10.2. The molecule has 0 amide bonds. The lowest BCUT2D eigenvalue weighted by molar-refractivity contribution is 0.0990. The van der Waals surface area contributed by atoms with Crippen LogP contribution >= 0.6 is 11.6 Å². The number of halogens is 2. The third kappa shape index (κ3) is 2.26. The first-order valence-electron chi connectivity index (χ1n) is 3.78. The van der Waals surface area contributed by atoms with E-state index in [1.54, 1.807) is 7.05 Å². The lowest BCUT2D eigenvalue weighted by Crippen LogP contribution is -2.19. The predicted octanol–water partition coefficient (Wildman–Crippen LogP) is 1.88. The zero-order chi connectivity index (χ0) is 9.84. The number of Topliss-reactive ketones (excluding diaryl/α,β-unsaturated/α-hetero) is 1. The second-order valence-corrected chi connectivity index (χ2v) is 2.96. The molecule has 0 radical (unpaired) electrons. The van der Waals surface area contributed by atoms with Crippen molar-refractivity contribution in [3.05, 3.63) is 34.6 Å². The maximum atomic E-state index is 13.1. The number of carbonyl (C=O) groups excluding carboxylic acids is 1. The van der Waals surface area contributed by atoms with Gasteiger partial charge in [-0.05, 0) is 19.2 Å². The van der Waals surface area contributed by atoms with Crippen molar-refractivity contribution in [2.75, 3.05) is 13.6 Å². The SMILES string of the molecule is CNCC(=O)c1c(F)cccc1Cl. The Morgan fingerprint density at radius 1 is 1.62 bits per heavy atom. The third-order valence-corrected chi connectivity index (χ3v) is 1.89. The van der Waals surface area contributed by atoms with Crippen LogP contribution in [0.15, 0.2) is 18.2 Å². The van der Waals surface area contributed by atoms with Crippen LogP contribution in [0.1, 0.15) is 10.4 Å². The fraction of sp³-hybridized carbons (Fsp3) is 0.222. The molecule has 0 bridgehead atoms. The Bertz CT molecular complexity index is 307. The predicted molar refractivity (Wildman–Crippen MR) is 49.7 cm³/mol. The molecule has 4 heteroatoms. The van der Waals surface area contributed by atoms with Crippen LogP contribution in [0.25, 0.3) is 0 Å². The van der Waals surface area contributed by atoms with E-state index in [0.29, 0.717) is 0 Å². The van der Waals surface area contributed by atoms with Crippen LogP contribution in [0.2, 0.25) is 5.02 Å². The van der Waals surface area contributed by atoms with Gasteiger partial charge in [0.25, 0.3) is 0 Å². The topological polar surface area (TPSA) is 29.1 Å². The highest BCUT2D eigenvalue weighted by Gasteiger charge is 2.13. The molecule has 70 valence electrons. The van der Waals surface area contributed by atoms with Crippen LogP contribution < -0.4 is 5.32 Å². The van der Waals surface area contributed by atoms with Crippen LogP contribution in [-0.4, -0.2) is 19.4 Å². The maximum Gasteiger partial charge on any atom is 0.181 e. The largest absolute Gasteiger partial charge is 0.313 e. The van der Waals surface area contributed by atoms with E-state index in [0.717, 1.165) is 0 Å². The van der Waals surface area contributed by atoms with E-state index in [2.05, 4.69) is 5.32 Å². The lowest BCUT2D eigenvalue weighted by atomic mass is 10.1. The van der Waals surface area contributed by atoms with Gasteiger partial charge in [-0.1, -0.05) is 17.7 Å². The second kappa shape index (κ2) is 4.35. The highest BCUT2D eigenvalue weighted by Crippen LogP contribution is 2.18. The van der Waals surface area contributed by atoms with E-state index in [4.69, 9.17) is 11.6 Å². The van der Waals surface area contributed by atoms with Gasteiger partial charge in [0.05, 0.1) is 17.1 Å². The number of nitrogens with one attached hydrogen (secondary N) is 1. The molecule has 1 aromatic rings. The van der Waals surface area contributed by atoms with Crippen molar-refractivity contribution in [1.29, 1.82) is 0 Å². The highest BCUT2D eigenvalue weighted by molar-refractivity contribution is 6.34. The van der Waals surface area contributed by atoms with Crippen LogP contribution in [0, 0.1) is 5.82 Å². The molecule has 1 aromatic carbocycles. The van der Waals surface area contributed by atoms with Gasteiger partial charge in [-0.3, -0.25) is 4.79 Å². The van der Waals surface area contributed by atoms with Gasteiger partial charge in [0.1, 0.15) is 5.82 Å². The van der Waals surface area contributed by atoms with Gasteiger partial charge in [-0.15, -0.1) is 0 Å². The minimum absolute atomic E-state index is 0.0430. The molecule has 0 saturated heterocycles. The summed E-state index contributed by atoms with van der Waals surface area (Å²) in [5.41, 5.74) is -0.0430. The Labute approximate surface area is 80.7 Å². The van der Waals surface area contributed by atoms with Crippen molar-refractivity contribution in [3.63, 3.8) is 0 Å². The van der Waals surface area contributed by atoms with Gasteiger partial charge in [-0.25, -0.2) is 4.39 Å².